The quantitative estimate of drug-likeness (QED) is 0.845. The highest BCUT2D eigenvalue weighted by molar-refractivity contribution is 7.05. The minimum atomic E-state index is 0.147. The molecule has 104 valence electrons. The Labute approximate surface area is 118 Å². The Morgan fingerprint density at radius 1 is 1.37 bits per heavy atom. The van der Waals surface area contributed by atoms with Crippen molar-refractivity contribution < 1.29 is 0 Å². The lowest BCUT2D eigenvalue weighted by Crippen LogP contribution is -2.25. The molecule has 0 fully saturated rings. The molecule has 0 aliphatic rings. The lowest BCUT2D eigenvalue weighted by Gasteiger charge is -2.18. The molecule has 2 aromatic heterocycles. The average molecular weight is 279 g/mol. The molecule has 0 saturated heterocycles. The molecule has 0 aliphatic heterocycles. The van der Waals surface area contributed by atoms with E-state index in [0.717, 1.165) is 31.6 Å². The molecule has 2 rings (SSSR count). The van der Waals surface area contributed by atoms with E-state index < -0.39 is 0 Å². The van der Waals surface area contributed by atoms with E-state index in [-0.39, 0.29) is 6.04 Å². The molecule has 1 unspecified atom stereocenters. The maximum Gasteiger partial charge on any atom is 0.0877 e. The van der Waals surface area contributed by atoms with Crippen molar-refractivity contribution in [3.05, 3.63) is 28.5 Å². The van der Waals surface area contributed by atoms with Gasteiger partial charge >= 0.3 is 0 Å². The van der Waals surface area contributed by atoms with E-state index in [4.69, 9.17) is 0 Å². The molecule has 0 saturated carbocycles. The molecule has 0 spiro atoms. The average Bonchev–Trinajstić information content (AvgIpc) is 3.05. The Balaban J connectivity index is 2.36. The Morgan fingerprint density at radius 2 is 2.21 bits per heavy atom. The van der Waals surface area contributed by atoms with E-state index in [0.29, 0.717) is 0 Å². The molecule has 0 aromatic carbocycles. The summed E-state index contributed by atoms with van der Waals surface area (Å²) < 4.78 is 6.16. The van der Waals surface area contributed by atoms with Gasteiger partial charge in [0.2, 0.25) is 0 Å². The van der Waals surface area contributed by atoms with Crippen LogP contribution in [0.15, 0.2) is 12.3 Å². The van der Waals surface area contributed by atoms with Crippen LogP contribution < -0.4 is 5.32 Å². The van der Waals surface area contributed by atoms with Crippen LogP contribution >= 0.6 is 11.5 Å². The van der Waals surface area contributed by atoms with Crippen molar-refractivity contribution in [1.29, 1.82) is 0 Å². The second-order valence-corrected chi connectivity index (χ2v) is 5.18. The summed E-state index contributed by atoms with van der Waals surface area (Å²) in [5.41, 5.74) is 2.30. The molecule has 0 amide bonds. The Hall–Kier alpha value is -1.27. The predicted molar refractivity (Wildman–Crippen MR) is 77.3 cm³/mol. The maximum atomic E-state index is 4.36. The highest BCUT2D eigenvalue weighted by Crippen LogP contribution is 2.27. The van der Waals surface area contributed by atoms with Gasteiger partial charge in [0.25, 0.3) is 0 Å². The van der Waals surface area contributed by atoms with E-state index in [1.165, 1.54) is 22.1 Å². The van der Waals surface area contributed by atoms with Gasteiger partial charge in [0.05, 0.1) is 22.3 Å². The van der Waals surface area contributed by atoms with Gasteiger partial charge in [0.15, 0.2) is 0 Å². The van der Waals surface area contributed by atoms with Crippen LogP contribution in [0.1, 0.15) is 49.5 Å². The van der Waals surface area contributed by atoms with Gasteiger partial charge in [0.1, 0.15) is 0 Å². The number of nitrogens with zero attached hydrogens (tertiary/aromatic N) is 4. The minimum absolute atomic E-state index is 0.147. The molecule has 1 N–H and O–H groups in total. The summed E-state index contributed by atoms with van der Waals surface area (Å²) in [4.78, 5) is 1.22. The minimum Gasteiger partial charge on any atom is -0.304 e. The van der Waals surface area contributed by atoms with Crippen LogP contribution in [0.2, 0.25) is 0 Å². The van der Waals surface area contributed by atoms with Crippen LogP contribution in [0.5, 0.6) is 0 Å². The summed E-state index contributed by atoms with van der Waals surface area (Å²) in [7, 11) is 0. The summed E-state index contributed by atoms with van der Waals surface area (Å²) in [6.45, 7) is 8.18. The summed E-state index contributed by atoms with van der Waals surface area (Å²) in [5.74, 6) is 0. The number of nitrogens with one attached hydrogen (secondary N) is 1. The van der Waals surface area contributed by atoms with E-state index in [1.54, 1.807) is 0 Å². The topological polar surface area (TPSA) is 55.6 Å². The molecule has 0 aliphatic carbocycles. The lowest BCUT2D eigenvalue weighted by atomic mass is 10.1. The third-order valence-corrected chi connectivity index (χ3v) is 3.92. The van der Waals surface area contributed by atoms with Gasteiger partial charge in [0, 0.05) is 12.7 Å². The van der Waals surface area contributed by atoms with Gasteiger partial charge in [-0.3, -0.25) is 4.68 Å². The van der Waals surface area contributed by atoms with E-state index >= 15 is 0 Å². The maximum absolute atomic E-state index is 4.36. The van der Waals surface area contributed by atoms with Crippen molar-refractivity contribution in [2.24, 2.45) is 0 Å². The molecule has 6 heteroatoms. The number of rotatable bonds is 7. The van der Waals surface area contributed by atoms with Gasteiger partial charge in [-0.25, -0.2) is 0 Å². The molecular weight excluding hydrogens is 258 g/mol. The summed E-state index contributed by atoms with van der Waals surface area (Å²) >= 11 is 1.49. The largest absolute Gasteiger partial charge is 0.304 e. The highest BCUT2D eigenvalue weighted by atomic mass is 32.1. The summed E-state index contributed by atoms with van der Waals surface area (Å²) in [6, 6.07) is 2.22. The summed E-state index contributed by atoms with van der Waals surface area (Å²) in [5, 5.41) is 12.2. The number of aryl methyl sites for hydroxylation is 2. The van der Waals surface area contributed by atoms with Crippen molar-refractivity contribution in [3.63, 3.8) is 0 Å². The molecule has 19 heavy (non-hydrogen) atoms. The zero-order valence-electron chi connectivity index (χ0n) is 11.8. The van der Waals surface area contributed by atoms with Crippen molar-refractivity contribution >= 4 is 11.5 Å². The van der Waals surface area contributed by atoms with Crippen LogP contribution in [-0.4, -0.2) is 25.9 Å². The standard InChI is InChI=1S/C13H21N5S/c1-4-7-10-13(19-17-16-10)12(14-5-2)11-8-9-15-18(11)6-3/h8-9,12,14H,4-7H2,1-3H3. The normalized spacial score (nSPS) is 12.8. The fourth-order valence-electron chi connectivity index (χ4n) is 2.23. The van der Waals surface area contributed by atoms with Gasteiger partial charge in [-0.1, -0.05) is 24.8 Å². The number of hydrogen-bond donors (Lipinski definition) is 1. The molecule has 1 atom stereocenters. The van der Waals surface area contributed by atoms with Crippen LogP contribution in [0, 0.1) is 0 Å². The first-order valence-corrected chi connectivity index (χ1v) is 7.65. The third-order valence-electron chi connectivity index (χ3n) is 3.09. The summed E-state index contributed by atoms with van der Waals surface area (Å²) in [6.07, 6.45) is 3.93. The van der Waals surface area contributed by atoms with Gasteiger partial charge < -0.3 is 5.32 Å². The zero-order valence-corrected chi connectivity index (χ0v) is 12.6. The molecular formula is C13H21N5S. The first-order chi connectivity index (χ1) is 9.31. The van der Waals surface area contributed by atoms with Crippen molar-refractivity contribution in [2.45, 2.75) is 46.2 Å². The Bertz CT molecular complexity index is 505. The monoisotopic (exact) mass is 279 g/mol. The smallest absolute Gasteiger partial charge is 0.0877 e. The fourth-order valence-corrected chi connectivity index (χ4v) is 3.02. The second kappa shape index (κ2) is 6.77. The van der Waals surface area contributed by atoms with Gasteiger partial charge in [-0.2, -0.15) is 5.10 Å². The van der Waals surface area contributed by atoms with E-state index in [1.807, 2.05) is 10.9 Å². The van der Waals surface area contributed by atoms with E-state index in [2.05, 4.69) is 46.8 Å². The molecule has 0 radical (unpaired) electrons. The van der Waals surface area contributed by atoms with Crippen molar-refractivity contribution in [3.8, 4) is 0 Å². The van der Waals surface area contributed by atoms with Crippen molar-refractivity contribution in [2.75, 3.05) is 6.54 Å². The second-order valence-electron chi connectivity index (χ2n) is 4.40. The number of aromatic nitrogens is 4. The Kier molecular flexibility index (Phi) is 5.04. The first kappa shape index (κ1) is 14.1. The van der Waals surface area contributed by atoms with Crippen molar-refractivity contribution in [1.82, 2.24) is 24.7 Å². The first-order valence-electron chi connectivity index (χ1n) is 6.87. The Morgan fingerprint density at radius 3 is 2.89 bits per heavy atom. The lowest BCUT2D eigenvalue weighted by molar-refractivity contribution is 0.543. The van der Waals surface area contributed by atoms with Crippen LogP contribution in [-0.2, 0) is 13.0 Å². The predicted octanol–water partition coefficient (Wildman–Crippen LogP) is 2.41. The molecule has 5 nitrogen and oxygen atoms in total. The molecule has 0 bridgehead atoms. The van der Waals surface area contributed by atoms with Crippen LogP contribution in [0.3, 0.4) is 0 Å². The fraction of sp³-hybridized carbons (Fsp3) is 0.615. The number of hydrogen-bond acceptors (Lipinski definition) is 5. The third kappa shape index (κ3) is 3.01. The highest BCUT2D eigenvalue weighted by Gasteiger charge is 2.22. The van der Waals surface area contributed by atoms with Gasteiger partial charge in [-0.15, -0.1) is 5.10 Å². The SMILES string of the molecule is CCCc1nnsc1C(NCC)c1ccnn1CC. The van der Waals surface area contributed by atoms with Gasteiger partial charge in [-0.05, 0) is 37.5 Å². The molecule has 2 heterocycles. The zero-order chi connectivity index (χ0) is 13.7. The van der Waals surface area contributed by atoms with E-state index in [9.17, 15) is 0 Å². The molecule has 2 aromatic rings. The van der Waals surface area contributed by atoms with Crippen LogP contribution in [0.25, 0.3) is 0 Å². The van der Waals surface area contributed by atoms with Crippen LogP contribution in [0.4, 0.5) is 0 Å².